The van der Waals surface area contributed by atoms with Gasteiger partial charge in [-0.15, -0.1) is 0 Å². The standard InChI is InChI=1S/C19H20N6O2/c1-2-27-19(26)14-10-6-7-11-15(14)23-17-16(20)18(22-12-21-17)25-24-13-8-4-3-5-9-13/h3-12,24H,2,20H2,1H3,(H2,21,22,23,25). The number of benzene rings is 2. The lowest BCUT2D eigenvalue weighted by atomic mass is 10.2. The van der Waals surface area contributed by atoms with Crippen LogP contribution in [0.2, 0.25) is 0 Å². The Labute approximate surface area is 156 Å². The molecule has 0 aliphatic heterocycles. The van der Waals surface area contributed by atoms with E-state index >= 15 is 0 Å². The summed E-state index contributed by atoms with van der Waals surface area (Å²) >= 11 is 0. The van der Waals surface area contributed by atoms with Crippen molar-refractivity contribution in [1.29, 1.82) is 0 Å². The van der Waals surface area contributed by atoms with E-state index in [1.165, 1.54) is 6.33 Å². The van der Waals surface area contributed by atoms with E-state index in [4.69, 9.17) is 10.5 Å². The van der Waals surface area contributed by atoms with Crippen LogP contribution in [0.25, 0.3) is 0 Å². The summed E-state index contributed by atoms with van der Waals surface area (Å²) in [5.74, 6) is 0.362. The minimum atomic E-state index is -0.419. The van der Waals surface area contributed by atoms with Crippen molar-refractivity contribution in [3.63, 3.8) is 0 Å². The van der Waals surface area contributed by atoms with Crippen molar-refractivity contribution in [2.75, 3.05) is 28.5 Å². The van der Waals surface area contributed by atoms with Crippen molar-refractivity contribution >= 4 is 34.7 Å². The maximum absolute atomic E-state index is 12.1. The molecule has 0 saturated carbocycles. The summed E-state index contributed by atoms with van der Waals surface area (Å²) in [7, 11) is 0. The van der Waals surface area contributed by atoms with E-state index in [1.807, 2.05) is 30.3 Å². The Hall–Kier alpha value is -3.81. The predicted octanol–water partition coefficient (Wildman–Crippen LogP) is 3.42. The second-order valence-corrected chi connectivity index (χ2v) is 5.49. The summed E-state index contributed by atoms with van der Waals surface area (Å²) in [5, 5.41) is 3.07. The molecule has 0 spiro atoms. The quantitative estimate of drug-likeness (QED) is 0.372. The summed E-state index contributed by atoms with van der Waals surface area (Å²) in [6.07, 6.45) is 1.38. The van der Waals surface area contributed by atoms with E-state index in [2.05, 4.69) is 26.1 Å². The highest BCUT2D eigenvalue weighted by Crippen LogP contribution is 2.27. The van der Waals surface area contributed by atoms with Crippen LogP contribution < -0.4 is 21.9 Å². The largest absolute Gasteiger partial charge is 0.462 e. The second-order valence-electron chi connectivity index (χ2n) is 5.49. The third-order valence-corrected chi connectivity index (χ3v) is 3.66. The zero-order chi connectivity index (χ0) is 19.1. The first-order valence-electron chi connectivity index (χ1n) is 8.39. The first-order chi connectivity index (χ1) is 13.2. The van der Waals surface area contributed by atoms with Crippen LogP contribution >= 0.6 is 0 Å². The van der Waals surface area contributed by atoms with E-state index in [-0.39, 0.29) is 0 Å². The molecular weight excluding hydrogens is 344 g/mol. The van der Waals surface area contributed by atoms with E-state index in [0.29, 0.717) is 35.2 Å². The number of rotatable bonds is 7. The number of para-hydroxylation sites is 2. The molecule has 0 unspecified atom stereocenters. The lowest BCUT2D eigenvalue weighted by Crippen LogP contribution is -2.14. The van der Waals surface area contributed by atoms with E-state index < -0.39 is 5.97 Å². The average molecular weight is 364 g/mol. The number of carbonyl (C=O) groups excluding carboxylic acids is 1. The number of nitrogens with two attached hydrogens (primary N) is 1. The Morgan fingerprint density at radius 2 is 1.70 bits per heavy atom. The molecule has 0 bridgehead atoms. The van der Waals surface area contributed by atoms with Gasteiger partial charge in [-0.05, 0) is 31.2 Å². The Kier molecular flexibility index (Phi) is 5.68. The Balaban J connectivity index is 1.79. The van der Waals surface area contributed by atoms with Gasteiger partial charge in [-0.1, -0.05) is 30.3 Å². The fraction of sp³-hybridized carbons (Fsp3) is 0.105. The highest BCUT2D eigenvalue weighted by atomic mass is 16.5. The molecule has 27 heavy (non-hydrogen) atoms. The van der Waals surface area contributed by atoms with Gasteiger partial charge in [-0.2, -0.15) is 0 Å². The zero-order valence-corrected chi connectivity index (χ0v) is 14.8. The predicted molar refractivity (Wildman–Crippen MR) is 106 cm³/mol. The second kappa shape index (κ2) is 8.52. The van der Waals surface area contributed by atoms with Crippen molar-refractivity contribution < 1.29 is 9.53 Å². The molecule has 3 rings (SSSR count). The number of anilines is 5. The summed E-state index contributed by atoms with van der Waals surface area (Å²) < 4.78 is 5.08. The highest BCUT2D eigenvalue weighted by Gasteiger charge is 2.14. The molecule has 138 valence electrons. The Morgan fingerprint density at radius 1 is 1.00 bits per heavy atom. The van der Waals surface area contributed by atoms with Gasteiger partial charge in [0.1, 0.15) is 12.0 Å². The van der Waals surface area contributed by atoms with Crippen LogP contribution in [0.4, 0.5) is 28.7 Å². The fourth-order valence-corrected chi connectivity index (χ4v) is 2.35. The van der Waals surface area contributed by atoms with Crippen molar-refractivity contribution in [1.82, 2.24) is 9.97 Å². The molecule has 0 amide bonds. The van der Waals surface area contributed by atoms with E-state index in [0.717, 1.165) is 5.69 Å². The van der Waals surface area contributed by atoms with Gasteiger partial charge in [0.2, 0.25) is 0 Å². The van der Waals surface area contributed by atoms with Crippen LogP contribution in [0.5, 0.6) is 0 Å². The van der Waals surface area contributed by atoms with Crippen molar-refractivity contribution in [3.05, 3.63) is 66.5 Å². The summed E-state index contributed by atoms with van der Waals surface area (Å²) in [4.78, 5) is 20.4. The van der Waals surface area contributed by atoms with Crippen LogP contribution in [-0.4, -0.2) is 22.5 Å². The van der Waals surface area contributed by atoms with Crippen LogP contribution in [0.3, 0.4) is 0 Å². The van der Waals surface area contributed by atoms with Gasteiger partial charge in [0.15, 0.2) is 11.6 Å². The van der Waals surface area contributed by atoms with Gasteiger partial charge in [-0.3, -0.25) is 10.9 Å². The number of nitrogen functional groups attached to an aromatic ring is 1. The van der Waals surface area contributed by atoms with Crippen LogP contribution in [0.15, 0.2) is 60.9 Å². The minimum Gasteiger partial charge on any atom is -0.462 e. The molecule has 0 aliphatic rings. The van der Waals surface area contributed by atoms with Gasteiger partial charge in [0.05, 0.1) is 23.5 Å². The molecule has 0 radical (unpaired) electrons. The lowest BCUT2D eigenvalue weighted by molar-refractivity contribution is 0.0527. The monoisotopic (exact) mass is 364 g/mol. The number of aromatic nitrogens is 2. The molecule has 8 nitrogen and oxygen atoms in total. The molecule has 8 heteroatoms. The number of carbonyl (C=O) groups is 1. The Morgan fingerprint density at radius 3 is 2.48 bits per heavy atom. The summed E-state index contributed by atoms with van der Waals surface area (Å²) in [5.41, 5.74) is 14.3. The van der Waals surface area contributed by atoms with Crippen LogP contribution in [0.1, 0.15) is 17.3 Å². The molecule has 0 saturated heterocycles. The van der Waals surface area contributed by atoms with Gasteiger partial charge >= 0.3 is 5.97 Å². The van der Waals surface area contributed by atoms with Crippen molar-refractivity contribution in [2.45, 2.75) is 6.92 Å². The third kappa shape index (κ3) is 4.43. The number of hydrogen-bond acceptors (Lipinski definition) is 8. The molecule has 1 heterocycles. The molecule has 0 atom stereocenters. The van der Waals surface area contributed by atoms with Gasteiger partial charge in [-0.25, -0.2) is 14.8 Å². The minimum absolute atomic E-state index is 0.294. The van der Waals surface area contributed by atoms with E-state index in [1.54, 1.807) is 31.2 Å². The molecule has 2 aromatic carbocycles. The molecule has 3 aromatic rings. The SMILES string of the molecule is CCOC(=O)c1ccccc1Nc1ncnc(NNc2ccccc2)c1N. The summed E-state index contributed by atoms with van der Waals surface area (Å²) in [6, 6.07) is 16.5. The molecule has 5 N–H and O–H groups in total. The Bertz CT molecular complexity index is 917. The number of hydrazine groups is 1. The number of hydrogen-bond donors (Lipinski definition) is 4. The third-order valence-electron chi connectivity index (χ3n) is 3.66. The van der Waals surface area contributed by atoms with Gasteiger partial charge < -0.3 is 15.8 Å². The smallest absolute Gasteiger partial charge is 0.340 e. The van der Waals surface area contributed by atoms with Crippen molar-refractivity contribution in [3.8, 4) is 0 Å². The lowest BCUT2D eigenvalue weighted by Gasteiger charge is -2.15. The highest BCUT2D eigenvalue weighted by molar-refractivity contribution is 5.97. The molecule has 0 fully saturated rings. The molecule has 1 aromatic heterocycles. The first kappa shape index (κ1) is 18.0. The van der Waals surface area contributed by atoms with Crippen molar-refractivity contribution in [2.24, 2.45) is 0 Å². The summed E-state index contributed by atoms with van der Waals surface area (Å²) in [6.45, 7) is 2.05. The maximum atomic E-state index is 12.1. The van der Waals surface area contributed by atoms with E-state index in [9.17, 15) is 4.79 Å². The molecule has 0 aliphatic carbocycles. The number of ether oxygens (including phenoxy) is 1. The fourth-order valence-electron chi connectivity index (χ4n) is 2.35. The van der Waals surface area contributed by atoms with Crippen LogP contribution in [-0.2, 0) is 4.74 Å². The number of nitrogens with one attached hydrogen (secondary N) is 3. The van der Waals surface area contributed by atoms with Gasteiger partial charge in [0.25, 0.3) is 0 Å². The normalized spacial score (nSPS) is 10.1. The average Bonchev–Trinajstić information content (AvgIpc) is 2.70. The molecular formula is C19H20N6O2. The maximum Gasteiger partial charge on any atom is 0.340 e. The zero-order valence-electron chi connectivity index (χ0n) is 14.8. The van der Waals surface area contributed by atoms with Gasteiger partial charge in [0, 0.05) is 0 Å². The van der Waals surface area contributed by atoms with Crippen LogP contribution in [0, 0.1) is 0 Å². The topological polar surface area (TPSA) is 114 Å². The first-order valence-corrected chi connectivity index (χ1v) is 8.39. The number of nitrogens with zero attached hydrogens (tertiary/aromatic N) is 2. The number of esters is 1.